The number of carbonyl (C=O) groups excluding carboxylic acids is 2. The number of aromatic nitrogens is 2. The van der Waals surface area contributed by atoms with E-state index in [0.717, 1.165) is 29.1 Å². The van der Waals surface area contributed by atoms with E-state index in [2.05, 4.69) is 15.7 Å². The van der Waals surface area contributed by atoms with Gasteiger partial charge in [0.15, 0.2) is 0 Å². The summed E-state index contributed by atoms with van der Waals surface area (Å²) in [4.78, 5) is 24.9. The number of nitrogens with one attached hydrogen (secondary N) is 2. The normalized spacial score (nSPS) is 11.3. The van der Waals surface area contributed by atoms with Crippen molar-refractivity contribution in [2.75, 3.05) is 10.6 Å². The summed E-state index contributed by atoms with van der Waals surface area (Å²) in [6, 6.07) is 10.6. The number of alkyl halides is 3. The van der Waals surface area contributed by atoms with Gasteiger partial charge >= 0.3 is 6.18 Å². The lowest BCUT2D eigenvalue weighted by molar-refractivity contribution is -0.137. The molecule has 3 aromatic rings. The van der Waals surface area contributed by atoms with Crippen LogP contribution >= 0.6 is 0 Å². The Bertz CT molecular complexity index is 1140. The van der Waals surface area contributed by atoms with Crippen LogP contribution in [0.4, 0.5) is 24.5 Å². The van der Waals surface area contributed by atoms with Gasteiger partial charge in [-0.1, -0.05) is 12.1 Å². The number of rotatable bonds is 5. The van der Waals surface area contributed by atoms with Gasteiger partial charge in [-0.15, -0.1) is 0 Å². The summed E-state index contributed by atoms with van der Waals surface area (Å²) < 4.78 is 40.3. The highest BCUT2D eigenvalue weighted by Crippen LogP contribution is 2.30. The molecule has 162 valence electrons. The lowest BCUT2D eigenvalue weighted by Gasteiger charge is -2.11. The van der Waals surface area contributed by atoms with E-state index in [4.69, 9.17) is 0 Å². The molecular weight excluding hydrogens is 409 g/mol. The fourth-order valence-corrected chi connectivity index (χ4v) is 3.15. The minimum atomic E-state index is -4.50. The fourth-order valence-electron chi connectivity index (χ4n) is 3.15. The molecule has 31 heavy (non-hydrogen) atoms. The number of hydrogen-bond acceptors (Lipinski definition) is 3. The standard InChI is InChI=1S/C22H21F3N4O2/c1-13-19(14(2)29(3)28-13)12-20(30)26-17-8-4-6-15(10-17)21(31)27-18-9-5-7-16(11-18)22(23,24)25/h4-11H,12H2,1-3H3,(H,26,30)(H,27,31). The van der Waals surface area contributed by atoms with Crippen LogP contribution in [-0.4, -0.2) is 21.6 Å². The van der Waals surface area contributed by atoms with E-state index in [-0.39, 0.29) is 23.6 Å². The summed E-state index contributed by atoms with van der Waals surface area (Å²) in [5.41, 5.74) is 2.26. The molecule has 1 heterocycles. The van der Waals surface area contributed by atoms with Crippen molar-refractivity contribution in [2.24, 2.45) is 7.05 Å². The minimum Gasteiger partial charge on any atom is -0.326 e. The van der Waals surface area contributed by atoms with Crippen LogP contribution in [0.15, 0.2) is 48.5 Å². The van der Waals surface area contributed by atoms with Crippen LogP contribution in [0, 0.1) is 13.8 Å². The average molecular weight is 430 g/mol. The van der Waals surface area contributed by atoms with Gasteiger partial charge in [-0.25, -0.2) is 0 Å². The quantitative estimate of drug-likeness (QED) is 0.626. The Morgan fingerprint density at radius 3 is 2.26 bits per heavy atom. The predicted molar refractivity (Wildman–Crippen MR) is 111 cm³/mol. The van der Waals surface area contributed by atoms with Gasteiger partial charge in [0.05, 0.1) is 17.7 Å². The Kier molecular flexibility index (Phi) is 6.14. The van der Waals surface area contributed by atoms with Gasteiger partial charge in [0, 0.05) is 35.2 Å². The van der Waals surface area contributed by atoms with E-state index in [1.165, 1.54) is 24.3 Å². The molecule has 0 atom stereocenters. The number of aryl methyl sites for hydroxylation is 2. The number of benzene rings is 2. The second kappa shape index (κ2) is 8.63. The second-order valence-electron chi connectivity index (χ2n) is 7.11. The van der Waals surface area contributed by atoms with Crippen molar-refractivity contribution < 1.29 is 22.8 Å². The topological polar surface area (TPSA) is 76.0 Å². The summed E-state index contributed by atoms with van der Waals surface area (Å²) in [6.45, 7) is 3.70. The Morgan fingerprint density at radius 1 is 1.00 bits per heavy atom. The Hall–Kier alpha value is -3.62. The molecule has 0 aliphatic heterocycles. The van der Waals surface area contributed by atoms with Crippen molar-refractivity contribution in [3.05, 3.63) is 76.6 Å². The molecule has 1 aromatic heterocycles. The predicted octanol–water partition coefficient (Wildman–Crippen LogP) is 4.49. The third-order valence-corrected chi connectivity index (χ3v) is 4.85. The van der Waals surface area contributed by atoms with Crippen molar-refractivity contribution in [1.29, 1.82) is 0 Å². The summed E-state index contributed by atoms with van der Waals surface area (Å²) in [5.74, 6) is -0.857. The molecule has 0 radical (unpaired) electrons. The number of halogens is 3. The molecule has 2 N–H and O–H groups in total. The summed E-state index contributed by atoms with van der Waals surface area (Å²) in [6.07, 6.45) is -4.37. The molecule has 0 unspecified atom stereocenters. The van der Waals surface area contributed by atoms with Gasteiger partial charge in [0.2, 0.25) is 5.91 Å². The highest BCUT2D eigenvalue weighted by atomic mass is 19.4. The van der Waals surface area contributed by atoms with E-state index in [1.54, 1.807) is 23.9 Å². The maximum atomic E-state index is 12.9. The lowest BCUT2D eigenvalue weighted by atomic mass is 10.1. The smallest absolute Gasteiger partial charge is 0.326 e. The van der Waals surface area contributed by atoms with E-state index in [0.29, 0.717) is 5.69 Å². The lowest BCUT2D eigenvalue weighted by Crippen LogP contribution is -2.17. The minimum absolute atomic E-state index is 0.0248. The molecule has 2 amide bonds. The third-order valence-electron chi connectivity index (χ3n) is 4.85. The number of amides is 2. The molecule has 0 aliphatic rings. The molecule has 0 aliphatic carbocycles. The van der Waals surface area contributed by atoms with Crippen LogP contribution in [0.25, 0.3) is 0 Å². The van der Waals surface area contributed by atoms with Gasteiger partial charge in [-0.2, -0.15) is 18.3 Å². The van der Waals surface area contributed by atoms with Gasteiger partial charge in [-0.05, 0) is 50.2 Å². The number of carbonyl (C=O) groups is 2. The molecule has 0 saturated heterocycles. The van der Waals surface area contributed by atoms with Crippen LogP contribution in [-0.2, 0) is 24.4 Å². The average Bonchev–Trinajstić information content (AvgIpc) is 2.93. The summed E-state index contributed by atoms with van der Waals surface area (Å²) in [5, 5.41) is 9.47. The SMILES string of the molecule is Cc1nn(C)c(C)c1CC(=O)Nc1cccc(C(=O)Nc2cccc(C(F)(F)F)c2)c1. The Morgan fingerprint density at radius 2 is 1.65 bits per heavy atom. The van der Waals surface area contributed by atoms with Crippen molar-refractivity contribution in [3.8, 4) is 0 Å². The zero-order valence-corrected chi connectivity index (χ0v) is 17.2. The first-order chi connectivity index (χ1) is 14.5. The molecule has 3 rings (SSSR count). The van der Waals surface area contributed by atoms with Crippen LogP contribution in [0.5, 0.6) is 0 Å². The van der Waals surface area contributed by atoms with Crippen molar-refractivity contribution >= 4 is 23.2 Å². The van der Waals surface area contributed by atoms with E-state index in [1.807, 2.05) is 13.8 Å². The fraction of sp³-hybridized carbons (Fsp3) is 0.227. The van der Waals surface area contributed by atoms with Crippen LogP contribution in [0.1, 0.15) is 32.9 Å². The molecule has 0 bridgehead atoms. The Balaban J connectivity index is 1.70. The van der Waals surface area contributed by atoms with Crippen LogP contribution < -0.4 is 10.6 Å². The molecule has 0 saturated carbocycles. The second-order valence-corrected chi connectivity index (χ2v) is 7.11. The molecule has 2 aromatic carbocycles. The van der Waals surface area contributed by atoms with E-state index < -0.39 is 17.6 Å². The summed E-state index contributed by atoms with van der Waals surface area (Å²) in [7, 11) is 1.80. The maximum Gasteiger partial charge on any atom is 0.416 e. The van der Waals surface area contributed by atoms with Crippen molar-refractivity contribution in [1.82, 2.24) is 9.78 Å². The van der Waals surface area contributed by atoms with Gasteiger partial charge < -0.3 is 10.6 Å². The number of hydrogen-bond donors (Lipinski definition) is 2. The van der Waals surface area contributed by atoms with Gasteiger partial charge in [0.1, 0.15) is 0 Å². The van der Waals surface area contributed by atoms with Crippen molar-refractivity contribution in [2.45, 2.75) is 26.4 Å². The molecular formula is C22H21F3N4O2. The monoisotopic (exact) mass is 430 g/mol. The van der Waals surface area contributed by atoms with E-state index in [9.17, 15) is 22.8 Å². The molecule has 0 spiro atoms. The largest absolute Gasteiger partial charge is 0.416 e. The molecule has 0 fully saturated rings. The first kappa shape index (κ1) is 22.1. The maximum absolute atomic E-state index is 12.9. The third kappa shape index (κ3) is 5.30. The number of nitrogens with zero attached hydrogens (tertiary/aromatic N) is 2. The Labute approximate surface area is 177 Å². The highest BCUT2D eigenvalue weighted by Gasteiger charge is 2.30. The molecule has 6 nitrogen and oxygen atoms in total. The first-order valence-corrected chi connectivity index (χ1v) is 9.42. The van der Waals surface area contributed by atoms with Gasteiger partial charge in [-0.3, -0.25) is 14.3 Å². The summed E-state index contributed by atoms with van der Waals surface area (Å²) >= 11 is 0. The van der Waals surface area contributed by atoms with Gasteiger partial charge in [0.25, 0.3) is 5.91 Å². The highest BCUT2D eigenvalue weighted by molar-refractivity contribution is 6.05. The van der Waals surface area contributed by atoms with Crippen LogP contribution in [0.3, 0.4) is 0 Å². The van der Waals surface area contributed by atoms with Crippen LogP contribution in [0.2, 0.25) is 0 Å². The zero-order valence-electron chi connectivity index (χ0n) is 17.2. The van der Waals surface area contributed by atoms with Crippen molar-refractivity contribution in [3.63, 3.8) is 0 Å². The zero-order chi connectivity index (χ0) is 22.8. The number of anilines is 2. The first-order valence-electron chi connectivity index (χ1n) is 9.42. The molecule has 9 heteroatoms. The van der Waals surface area contributed by atoms with E-state index >= 15 is 0 Å².